The minimum atomic E-state index is -0.365. The van der Waals surface area contributed by atoms with Crippen LogP contribution in [-0.4, -0.2) is 33.3 Å². The molecule has 0 saturated carbocycles. The standard InChI is InChI=1S/C20H23N3O4S/c1-4-23-17-9-8-14(19(25)26-5-2)11-16(17)22-20(23)28-13(3)18(24)21-12-15-7-6-10-27-15/h6-11,13H,4-5,12H2,1-3H3,(H,21,24)/t13-/m1/s1. The van der Waals surface area contributed by atoms with E-state index >= 15 is 0 Å². The summed E-state index contributed by atoms with van der Waals surface area (Å²) in [4.78, 5) is 29.0. The number of thioether (sulfide) groups is 1. The Labute approximate surface area is 167 Å². The Hall–Kier alpha value is -2.74. The van der Waals surface area contributed by atoms with E-state index in [4.69, 9.17) is 9.15 Å². The second-order valence-corrected chi connectivity index (χ2v) is 7.43. The normalized spacial score (nSPS) is 12.1. The molecule has 8 heteroatoms. The molecule has 3 aromatic rings. The van der Waals surface area contributed by atoms with Crippen LogP contribution in [0.5, 0.6) is 0 Å². The van der Waals surface area contributed by atoms with Crippen LogP contribution in [0.1, 0.15) is 36.9 Å². The van der Waals surface area contributed by atoms with Crippen LogP contribution in [0.4, 0.5) is 0 Å². The van der Waals surface area contributed by atoms with Crippen LogP contribution in [-0.2, 0) is 22.6 Å². The van der Waals surface area contributed by atoms with Gasteiger partial charge in [-0.3, -0.25) is 4.79 Å². The summed E-state index contributed by atoms with van der Waals surface area (Å²) in [7, 11) is 0. The van der Waals surface area contributed by atoms with Crippen LogP contribution in [0, 0.1) is 0 Å². The molecule has 0 bridgehead atoms. The van der Waals surface area contributed by atoms with Crippen molar-refractivity contribution in [3.8, 4) is 0 Å². The molecule has 1 atom stereocenters. The summed E-state index contributed by atoms with van der Waals surface area (Å²) in [5.41, 5.74) is 2.09. The SMILES string of the molecule is CCOC(=O)c1ccc2c(c1)nc(S[C@H](C)C(=O)NCc1ccco1)n2CC. The Kier molecular flexibility index (Phi) is 6.41. The average molecular weight is 401 g/mol. The number of nitrogens with one attached hydrogen (secondary N) is 1. The van der Waals surface area contributed by atoms with Crippen LogP contribution in [0.15, 0.2) is 46.2 Å². The molecule has 3 rings (SSSR count). The third-order valence-electron chi connectivity index (χ3n) is 4.21. The number of amides is 1. The van der Waals surface area contributed by atoms with Gasteiger partial charge in [0.15, 0.2) is 5.16 Å². The highest BCUT2D eigenvalue weighted by Crippen LogP contribution is 2.28. The van der Waals surface area contributed by atoms with E-state index < -0.39 is 0 Å². The molecule has 0 aliphatic rings. The van der Waals surface area contributed by atoms with Gasteiger partial charge in [0.05, 0.1) is 41.3 Å². The smallest absolute Gasteiger partial charge is 0.338 e. The largest absolute Gasteiger partial charge is 0.467 e. The predicted molar refractivity (Wildman–Crippen MR) is 107 cm³/mol. The molecular formula is C20H23N3O4S. The molecule has 1 N–H and O–H groups in total. The molecule has 2 heterocycles. The number of furan rings is 1. The lowest BCUT2D eigenvalue weighted by atomic mass is 10.2. The second kappa shape index (κ2) is 8.97. The number of hydrogen-bond acceptors (Lipinski definition) is 6. The summed E-state index contributed by atoms with van der Waals surface area (Å²) in [5, 5.41) is 3.27. The number of hydrogen-bond donors (Lipinski definition) is 1. The van der Waals surface area contributed by atoms with E-state index in [1.807, 2.05) is 30.5 Å². The number of benzene rings is 1. The number of aromatic nitrogens is 2. The van der Waals surface area contributed by atoms with E-state index in [0.717, 1.165) is 10.7 Å². The van der Waals surface area contributed by atoms with Crippen LogP contribution < -0.4 is 5.32 Å². The van der Waals surface area contributed by atoms with E-state index in [1.165, 1.54) is 11.8 Å². The first-order valence-electron chi connectivity index (χ1n) is 9.17. The zero-order valence-electron chi connectivity index (χ0n) is 16.1. The van der Waals surface area contributed by atoms with Gasteiger partial charge in [-0.25, -0.2) is 9.78 Å². The molecule has 7 nitrogen and oxygen atoms in total. The van der Waals surface area contributed by atoms with E-state index in [-0.39, 0.29) is 17.1 Å². The lowest BCUT2D eigenvalue weighted by Crippen LogP contribution is -2.30. The fraction of sp³-hybridized carbons (Fsp3) is 0.350. The summed E-state index contributed by atoms with van der Waals surface area (Å²) < 4.78 is 12.3. The van der Waals surface area contributed by atoms with E-state index in [9.17, 15) is 9.59 Å². The third kappa shape index (κ3) is 4.39. The minimum absolute atomic E-state index is 0.0941. The lowest BCUT2D eigenvalue weighted by Gasteiger charge is -2.12. The van der Waals surface area contributed by atoms with Gasteiger partial charge in [0, 0.05) is 6.54 Å². The van der Waals surface area contributed by atoms with Gasteiger partial charge >= 0.3 is 5.97 Å². The molecule has 0 radical (unpaired) electrons. The van der Waals surface area contributed by atoms with Crippen molar-refractivity contribution in [2.24, 2.45) is 0 Å². The van der Waals surface area contributed by atoms with Gasteiger partial charge in [0.25, 0.3) is 0 Å². The molecule has 2 aromatic heterocycles. The zero-order chi connectivity index (χ0) is 20.1. The molecule has 0 aliphatic carbocycles. The monoisotopic (exact) mass is 401 g/mol. The summed E-state index contributed by atoms with van der Waals surface area (Å²) in [6.45, 7) is 7.01. The Bertz CT molecular complexity index is 965. The number of ether oxygens (including phenoxy) is 1. The number of imidazole rings is 1. The third-order valence-corrected chi connectivity index (χ3v) is 5.30. The second-order valence-electron chi connectivity index (χ2n) is 6.12. The predicted octanol–water partition coefficient (Wildman–Crippen LogP) is 3.62. The maximum Gasteiger partial charge on any atom is 0.338 e. The van der Waals surface area contributed by atoms with Crippen molar-refractivity contribution >= 4 is 34.7 Å². The van der Waals surface area contributed by atoms with Crippen LogP contribution in [0.3, 0.4) is 0 Å². The number of fused-ring (bicyclic) bond motifs is 1. The number of carbonyl (C=O) groups is 2. The van der Waals surface area contributed by atoms with Crippen LogP contribution in [0.25, 0.3) is 11.0 Å². The Morgan fingerprint density at radius 1 is 1.32 bits per heavy atom. The van der Waals surface area contributed by atoms with Gasteiger partial charge in [0.2, 0.25) is 5.91 Å². The van der Waals surface area contributed by atoms with Gasteiger partial charge in [-0.1, -0.05) is 11.8 Å². The Morgan fingerprint density at radius 2 is 2.14 bits per heavy atom. The topological polar surface area (TPSA) is 86.4 Å². The van der Waals surface area contributed by atoms with E-state index in [0.29, 0.717) is 36.5 Å². The lowest BCUT2D eigenvalue weighted by molar-refractivity contribution is -0.120. The molecule has 148 valence electrons. The zero-order valence-corrected chi connectivity index (χ0v) is 16.9. The first-order chi connectivity index (χ1) is 13.5. The molecule has 0 saturated heterocycles. The maximum absolute atomic E-state index is 12.4. The highest BCUT2D eigenvalue weighted by molar-refractivity contribution is 8.00. The summed E-state index contributed by atoms with van der Waals surface area (Å²) in [6, 6.07) is 8.93. The quantitative estimate of drug-likeness (QED) is 0.458. The van der Waals surface area contributed by atoms with E-state index in [2.05, 4.69) is 10.3 Å². The van der Waals surface area contributed by atoms with Gasteiger partial charge in [-0.05, 0) is 51.1 Å². The average Bonchev–Trinajstić information content (AvgIpc) is 3.32. The fourth-order valence-corrected chi connectivity index (χ4v) is 3.80. The summed E-state index contributed by atoms with van der Waals surface area (Å²) in [6.07, 6.45) is 1.58. The summed E-state index contributed by atoms with van der Waals surface area (Å²) >= 11 is 1.38. The highest BCUT2D eigenvalue weighted by atomic mass is 32.2. The van der Waals surface area contributed by atoms with Gasteiger partial charge in [-0.15, -0.1) is 0 Å². The molecule has 1 amide bonds. The van der Waals surface area contributed by atoms with Gasteiger partial charge in [-0.2, -0.15) is 0 Å². The molecule has 0 fully saturated rings. The van der Waals surface area contributed by atoms with Crippen LogP contribution in [0.2, 0.25) is 0 Å². The fourth-order valence-electron chi connectivity index (χ4n) is 2.79. The van der Waals surface area contributed by atoms with Crippen molar-refractivity contribution in [3.05, 3.63) is 47.9 Å². The number of nitrogens with zero attached hydrogens (tertiary/aromatic N) is 2. The van der Waals surface area contributed by atoms with Crippen molar-refractivity contribution in [3.63, 3.8) is 0 Å². The first kappa shape index (κ1) is 20.0. The summed E-state index contributed by atoms with van der Waals surface area (Å²) in [5.74, 6) is 0.247. The van der Waals surface area contributed by atoms with Crippen LogP contribution >= 0.6 is 11.8 Å². The molecule has 0 spiro atoms. The number of esters is 1. The number of aryl methyl sites for hydroxylation is 1. The van der Waals surface area contributed by atoms with E-state index in [1.54, 1.807) is 31.4 Å². The van der Waals surface area contributed by atoms with Crippen molar-refractivity contribution < 1.29 is 18.7 Å². The molecule has 28 heavy (non-hydrogen) atoms. The highest BCUT2D eigenvalue weighted by Gasteiger charge is 2.20. The Balaban J connectivity index is 1.75. The molecule has 0 aliphatic heterocycles. The van der Waals surface area contributed by atoms with Gasteiger partial charge < -0.3 is 19.0 Å². The molecule has 1 aromatic carbocycles. The van der Waals surface area contributed by atoms with Crippen molar-refractivity contribution in [2.75, 3.05) is 6.61 Å². The van der Waals surface area contributed by atoms with Crippen molar-refractivity contribution in [1.29, 1.82) is 0 Å². The molecular weight excluding hydrogens is 378 g/mol. The first-order valence-corrected chi connectivity index (χ1v) is 10.1. The maximum atomic E-state index is 12.4. The van der Waals surface area contributed by atoms with Gasteiger partial charge in [0.1, 0.15) is 5.76 Å². The van der Waals surface area contributed by atoms with Crippen molar-refractivity contribution in [1.82, 2.24) is 14.9 Å². The number of rotatable bonds is 8. The van der Waals surface area contributed by atoms with Crippen molar-refractivity contribution in [2.45, 2.75) is 44.3 Å². The minimum Gasteiger partial charge on any atom is -0.467 e. The Morgan fingerprint density at radius 3 is 2.82 bits per heavy atom. The molecule has 0 unspecified atom stereocenters. The number of carbonyl (C=O) groups excluding carboxylic acids is 2.